The SMILES string of the molecule is CC(O)(CNC(=S)NCC1CCCCC1)C(=O)Nc1ccc([N+](=O)[O-])c(C(F)(F)F)c1. The summed E-state index contributed by atoms with van der Waals surface area (Å²) in [5.74, 6) is -0.473. The molecule has 8 nitrogen and oxygen atoms in total. The molecular weight excluding hydrogens is 437 g/mol. The topological polar surface area (TPSA) is 117 Å². The molecule has 1 aromatic carbocycles. The minimum Gasteiger partial charge on any atom is -0.378 e. The van der Waals surface area contributed by atoms with Crippen molar-refractivity contribution in [2.24, 2.45) is 5.92 Å². The van der Waals surface area contributed by atoms with Crippen LogP contribution in [0.2, 0.25) is 0 Å². The van der Waals surface area contributed by atoms with Crippen LogP contribution in [0.5, 0.6) is 0 Å². The number of carbonyl (C=O) groups is 1. The summed E-state index contributed by atoms with van der Waals surface area (Å²) in [6.45, 7) is 1.58. The number of hydrogen-bond donors (Lipinski definition) is 4. The lowest BCUT2D eigenvalue weighted by molar-refractivity contribution is -0.388. The second-order valence-electron chi connectivity index (χ2n) is 7.78. The molecule has 1 fully saturated rings. The number of amides is 1. The molecule has 2 rings (SSSR count). The van der Waals surface area contributed by atoms with E-state index in [4.69, 9.17) is 12.2 Å². The number of nitro groups is 1. The Kier molecular flexibility index (Phi) is 8.18. The third kappa shape index (κ3) is 7.31. The number of halogens is 3. The summed E-state index contributed by atoms with van der Waals surface area (Å²) in [5, 5.41) is 29.4. The van der Waals surface area contributed by atoms with E-state index >= 15 is 0 Å². The third-order valence-corrected chi connectivity index (χ3v) is 5.40. The Morgan fingerprint density at radius 3 is 2.48 bits per heavy atom. The fraction of sp³-hybridized carbons (Fsp3) is 0.579. The number of anilines is 1. The molecule has 0 radical (unpaired) electrons. The summed E-state index contributed by atoms with van der Waals surface area (Å²) in [6.07, 6.45) is 0.843. The van der Waals surface area contributed by atoms with Gasteiger partial charge in [-0.25, -0.2) is 0 Å². The molecule has 1 unspecified atom stereocenters. The molecule has 0 saturated heterocycles. The van der Waals surface area contributed by atoms with Crippen molar-refractivity contribution in [2.75, 3.05) is 18.4 Å². The highest BCUT2D eigenvalue weighted by Gasteiger charge is 2.39. The van der Waals surface area contributed by atoms with Crippen molar-refractivity contribution >= 4 is 34.6 Å². The second-order valence-corrected chi connectivity index (χ2v) is 8.19. The lowest BCUT2D eigenvalue weighted by Gasteiger charge is -2.25. The first kappa shape index (κ1) is 24.8. The monoisotopic (exact) mass is 462 g/mol. The zero-order valence-corrected chi connectivity index (χ0v) is 17.7. The van der Waals surface area contributed by atoms with E-state index < -0.39 is 33.9 Å². The maximum Gasteiger partial charge on any atom is 0.423 e. The Morgan fingerprint density at radius 2 is 1.90 bits per heavy atom. The highest BCUT2D eigenvalue weighted by atomic mass is 32.1. The number of nitrogens with one attached hydrogen (secondary N) is 3. The molecule has 0 spiro atoms. The Bertz CT molecular complexity index is 827. The number of hydrogen-bond acceptors (Lipinski definition) is 5. The Morgan fingerprint density at radius 1 is 1.26 bits per heavy atom. The van der Waals surface area contributed by atoms with Crippen LogP contribution in [0.1, 0.15) is 44.6 Å². The van der Waals surface area contributed by atoms with Crippen molar-refractivity contribution in [3.05, 3.63) is 33.9 Å². The smallest absolute Gasteiger partial charge is 0.378 e. The Hall–Kier alpha value is -2.47. The van der Waals surface area contributed by atoms with Gasteiger partial charge in [0.1, 0.15) is 5.56 Å². The molecule has 0 aliphatic heterocycles. The second kappa shape index (κ2) is 10.2. The molecule has 1 saturated carbocycles. The van der Waals surface area contributed by atoms with E-state index in [0.29, 0.717) is 24.6 Å². The van der Waals surface area contributed by atoms with Crippen LogP contribution in [0.3, 0.4) is 0 Å². The van der Waals surface area contributed by atoms with Crippen molar-refractivity contribution < 1.29 is 28.0 Å². The molecule has 1 atom stereocenters. The molecule has 1 aromatic rings. The van der Waals surface area contributed by atoms with Crippen molar-refractivity contribution in [2.45, 2.75) is 50.8 Å². The van der Waals surface area contributed by atoms with E-state index in [-0.39, 0.29) is 17.3 Å². The van der Waals surface area contributed by atoms with Crippen LogP contribution in [0, 0.1) is 16.0 Å². The normalized spacial score (nSPS) is 16.8. The molecule has 0 heterocycles. The molecule has 0 aromatic heterocycles. The van der Waals surface area contributed by atoms with E-state index in [1.165, 1.54) is 26.2 Å². The van der Waals surface area contributed by atoms with Gasteiger partial charge in [0.05, 0.1) is 11.5 Å². The highest BCUT2D eigenvalue weighted by molar-refractivity contribution is 7.80. The van der Waals surface area contributed by atoms with E-state index in [1.807, 2.05) is 0 Å². The Balaban J connectivity index is 1.94. The lowest BCUT2D eigenvalue weighted by atomic mass is 9.89. The summed E-state index contributed by atoms with van der Waals surface area (Å²) < 4.78 is 39.2. The zero-order valence-electron chi connectivity index (χ0n) is 16.9. The average Bonchev–Trinajstić information content (AvgIpc) is 2.70. The maximum atomic E-state index is 13.1. The van der Waals surface area contributed by atoms with Gasteiger partial charge in [0.15, 0.2) is 10.7 Å². The van der Waals surface area contributed by atoms with Crippen molar-refractivity contribution in [1.82, 2.24) is 10.6 Å². The highest BCUT2D eigenvalue weighted by Crippen LogP contribution is 2.37. The summed E-state index contributed by atoms with van der Waals surface area (Å²) in [6, 6.07) is 2.07. The van der Waals surface area contributed by atoms with Gasteiger partial charge in [-0.3, -0.25) is 14.9 Å². The fourth-order valence-corrected chi connectivity index (χ4v) is 3.44. The van der Waals surface area contributed by atoms with Crippen molar-refractivity contribution in [1.29, 1.82) is 0 Å². The van der Waals surface area contributed by atoms with Gasteiger partial charge in [0.2, 0.25) is 0 Å². The fourth-order valence-electron chi connectivity index (χ4n) is 3.29. The number of alkyl halides is 3. The Labute approximate surface area is 182 Å². The first-order valence-electron chi connectivity index (χ1n) is 9.81. The van der Waals surface area contributed by atoms with Crippen LogP contribution < -0.4 is 16.0 Å². The average molecular weight is 462 g/mol. The van der Waals surface area contributed by atoms with Gasteiger partial charge in [-0.15, -0.1) is 0 Å². The summed E-state index contributed by atoms with van der Waals surface area (Å²) in [5.41, 5.74) is -4.97. The predicted octanol–water partition coefficient (Wildman–Crippen LogP) is 3.35. The predicted molar refractivity (Wildman–Crippen MR) is 113 cm³/mol. The van der Waals surface area contributed by atoms with Gasteiger partial charge in [-0.2, -0.15) is 13.2 Å². The number of thiocarbonyl (C=S) groups is 1. The van der Waals surface area contributed by atoms with Gasteiger partial charge in [-0.05, 0) is 50.0 Å². The van der Waals surface area contributed by atoms with Gasteiger partial charge in [0, 0.05) is 18.3 Å². The van der Waals surface area contributed by atoms with E-state index in [1.54, 1.807) is 0 Å². The number of nitrogens with zero attached hydrogens (tertiary/aromatic N) is 1. The van der Waals surface area contributed by atoms with Gasteiger partial charge in [-0.1, -0.05) is 19.3 Å². The first-order chi connectivity index (χ1) is 14.4. The number of nitro benzene ring substituents is 1. The molecule has 31 heavy (non-hydrogen) atoms. The van der Waals surface area contributed by atoms with Crippen LogP contribution in [-0.4, -0.2) is 39.7 Å². The first-order valence-corrected chi connectivity index (χ1v) is 10.2. The van der Waals surface area contributed by atoms with Crippen LogP contribution in [-0.2, 0) is 11.0 Å². The van der Waals surface area contributed by atoms with Crippen LogP contribution >= 0.6 is 12.2 Å². The number of benzene rings is 1. The minimum absolute atomic E-state index is 0.258. The van der Waals surface area contributed by atoms with Gasteiger partial charge in [0.25, 0.3) is 11.6 Å². The quantitative estimate of drug-likeness (QED) is 0.279. The molecule has 172 valence electrons. The minimum atomic E-state index is -4.98. The van der Waals surface area contributed by atoms with Crippen molar-refractivity contribution in [3.63, 3.8) is 0 Å². The molecule has 12 heteroatoms. The zero-order chi connectivity index (χ0) is 23.2. The lowest BCUT2D eigenvalue weighted by Crippen LogP contribution is -2.51. The molecule has 1 aliphatic rings. The van der Waals surface area contributed by atoms with E-state index in [0.717, 1.165) is 18.9 Å². The molecule has 1 aliphatic carbocycles. The standard InChI is InChI=1S/C19H25F3N4O4S/c1-18(28,11-24-17(31)23-10-12-5-3-2-4-6-12)16(27)25-13-7-8-15(26(29)30)14(9-13)19(20,21)22/h7-9,12,28H,2-6,10-11H2,1H3,(H,25,27)(H2,23,24,31). The van der Waals surface area contributed by atoms with E-state index in [2.05, 4.69) is 16.0 Å². The number of carbonyl (C=O) groups excluding carboxylic acids is 1. The molecular formula is C19H25F3N4O4S. The molecule has 4 N–H and O–H groups in total. The largest absolute Gasteiger partial charge is 0.423 e. The van der Waals surface area contributed by atoms with E-state index in [9.17, 15) is 33.2 Å². The molecule has 1 amide bonds. The third-order valence-electron chi connectivity index (χ3n) is 5.11. The summed E-state index contributed by atoms with van der Waals surface area (Å²) in [7, 11) is 0. The molecule has 0 bridgehead atoms. The summed E-state index contributed by atoms with van der Waals surface area (Å²) >= 11 is 5.15. The van der Waals surface area contributed by atoms with Gasteiger partial charge >= 0.3 is 6.18 Å². The summed E-state index contributed by atoms with van der Waals surface area (Å²) in [4.78, 5) is 22.0. The number of rotatable bonds is 7. The van der Waals surface area contributed by atoms with Gasteiger partial charge < -0.3 is 21.1 Å². The van der Waals surface area contributed by atoms with Crippen LogP contribution in [0.25, 0.3) is 0 Å². The van der Waals surface area contributed by atoms with Crippen LogP contribution in [0.4, 0.5) is 24.5 Å². The maximum absolute atomic E-state index is 13.1. The van der Waals surface area contributed by atoms with Crippen molar-refractivity contribution in [3.8, 4) is 0 Å². The number of aliphatic hydroxyl groups is 1. The van der Waals surface area contributed by atoms with Crippen LogP contribution in [0.15, 0.2) is 18.2 Å².